The topological polar surface area (TPSA) is 46.3 Å². The SMILES string of the molecule is Cc1cc2c(c(C(N)=O)c1C)C1CCCC2N1C. The number of primary amides is 1. The molecule has 2 N–H and O–H groups in total. The summed E-state index contributed by atoms with van der Waals surface area (Å²) in [7, 11) is 2.17. The van der Waals surface area contributed by atoms with E-state index in [2.05, 4.69) is 24.9 Å². The summed E-state index contributed by atoms with van der Waals surface area (Å²) in [5.41, 5.74) is 11.2. The Morgan fingerprint density at radius 2 is 2.00 bits per heavy atom. The van der Waals surface area contributed by atoms with Crippen LogP contribution in [0.15, 0.2) is 6.07 Å². The van der Waals surface area contributed by atoms with Crippen LogP contribution in [-0.4, -0.2) is 17.9 Å². The highest BCUT2D eigenvalue weighted by Gasteiger charge is 2.41. The molecule has 1 aromatic carbocycles. The third kappa shape index (κ3) is 1.37. The quantitative estimate of drug-likeness (QED) is 0.825. The number of amides is 1. The molecule has 2 bridgehead atoms. The lowest BCUT2D eigenvalue weighted by atomic mass is 9.90. The Hall–Kier alpha value is -1.35. The van der Waals surface area contributed by atoms with Crippen LogP contribution in [0.4, 0.5) is 0 Å². The maximum absolute atomic E-state index is 11.8. The molecule has 2 atom stereocenters. The lowest BCUT2D eigenvalue weighted by molar-refractivity contribution is 0.0994. The monoisotopic (exact) mass is 244 g/mol. The van der Waals surface area contributed by atoms with Crippen LogP contribution in [0.25, 0.3) is 0 Å². The van der Waals surface area contributed by atoms with Crippen molar-refractivity contribution in [1.82, 2.24) is 4.90 Å². The lowest BCUT2D eigenvalue weighted by Gasteiger charge is -2.31. The molecule has 3 heteroatoms. The number of rotatable bonds is 1. The molecule has 18 heavy (non-hydrogen) atoms. The van der Waals surface area contributed by atoms with E-state index in [1.54, 1.807) is 0 Å². The number of hydrogen-bond donors (Lipinski definition) is 1. The third-order valence-electron chi connectivity index (χ3n) is 4.80. The van der Waals surface area contributed by atoms with Crippen molar-refractivity contribution in [3.8, 4) is 0 Å². The van der Waals surface area contributed by atoms with Crippen LogP contribution in [0.2, 0.25) is 0 Å². The van der Waals surface area contributed by atoms with Crippen molar-refractivity contribution >= 4 is 5.91 Å². The molecule has 3 rings (SSSR count). The molecule has 0 aromatic heterocycles. The summed E-state index contributed by atoms with van der Waals surface area (Å²) in [5, 5.41) is 0. The van der Waals surface area contributed by atoms with Crippen LogP contribution >= 0.6 is 0 Å². The largest absolute Gasteiger partial charge is 0.366 e. The van der Waals surface area contributed by atoms with E-state index in [1.165, 1.54) is 29.5 Å². The van der Waals surface area contributed by atoms with E-state index >= 15 is 0 Å². The van der Waals surface area contributed by atoms with E-state index in [-0.39, 0.29) is 5.91 Å². The van der Waals surface area contributed by atoms with Crippen LogP contribution in [0.3, 0.4) is 0 Å². The molecule has 1 aromatic rings. The number of aryl methyl sites for hydroxylation is 1. The zero-order valence-electron chi connectivity index (χ0n) is 11.3. The molecule has 2 aliphatic heterocycles. The van der Waals surface area contributed by atoms with Crippen molar-refractivity contribution in [2.24, 2.45) is 5.73 Å². The van der Waals surface area contributed by atoms with Gasteiger partial charge in [-0.3, -0.25) is 9.69 Å². The molecule has 1 saturated heterocycles. The summed E-state index contributed by atoms with van der Waals surface area (Å²) < 4.78 is 0. The summed E-state index contributed by atoms with van der Waals surface area (Å²) >= 11 is 0. The first-order chi connectivity index (χ1) is 8.52. The Bertz CT molecular complexity index is 536. The number of nitrogens with two attached hydrogens (primary N) is 1. The second kappa shape index (κ2) is 3.82. The minimum absolute atomic E-state index is 0.270. The van der Waals surface area contributed by atoms with E-state index in [0.717, 1.165) is 17.5 Å². The van der Waals surface area contributed by atoms with E-state index < -0.39 is 0 Å². The second-order valence-electron chi connectivity index (χ2n) is 5.69. The number of nitrogens with zero attached hydrogens (tertiary/aromatic N) is 1. The first kappa shape index (κ1) is 11.7. The van der Waals surface area contributed by atoms with Crippen LogP contribution in [-0.2, 0) is 0 Å². The highest BCUT2D eigenvalue weighted by molar-refractivity contribution is 5.97. The molecule has 0 spiro atoms. The number of benzene rings is 1. The Kier molecular flexibility index (Phi) is 2.49. The molecular formula is C15H20N2O. The van der Waals surface area contributed by atoms with Gasteiger partial charge in [-0.25, -0.2) is 0 Å². The molecule has 96 valence electrons. The van der Waals surface area contributed by atoms with Crippen LogP contribution < -0.4 is 5.73 Å². The van der Waals surface area contributed by atoms with Crippen LogP contribution in [0.5, 0.6) is 0 Å². The van der Waals surface area contributed by atoms with Crippen molar-refractivity contribution in [2.45, 2.75) is 45.2 Å². The van der Waals surface area contributed by atoms with Crippen molar-refractivity contribution in [3.63, 3.8) is 0 Å². The third-order valence-corrected chi connectivity index (χ3v) is 4.80. The average molecular weight is 244 g/mol. The van der Waals surface area contributed by atoms with Crippen LogP contribution in [0.1, 0.15) is 64.0 Å². The fourth-order valence-electron chi connectivity index (χ4n) is 3.77. The maximum atomic E-state index is 11.8. The predicted molar refractivity (Wildman–Crippen MR) is 71.5 cm³/mol. The summed E-state index contributed by atoms with van der Waals surface area (Å²) in [6.07, 6.45) is 3.58. The molecule has 3 nitrogen and oxygen atoms in total. The minimum atomic E-state index is -0.270. The predicted octanol–water partition coefficient (Wildman–Crippen LogP) is 2.61. The van der Waals surface area contributed by atoms with E-state index in [0.29, 0.717) is 12.1 Å². The van der Waals surface area contributed by atoms with Gasteiger partial charge in [0.25, 0.3) is 0 Å². The molecular weight excluding hydrogens is 224 g/mol. The van der Waals surface area contributed by atoms with Gasteiger partial charge in [0, 0.05) is 17.6 Å². The molecule has 2 heterocycles. The van der Waals surface area contributed by atoms with Gasteiger partial charge in [-0.2, -0.15) is 0 Å². The first-order valence-corrected chi connectivity index (χ1v) is 6.68. The van der Waals surface area contributed by atoms with E-state index in [1.807, 2.05) is 6.92 Å². The van der Waals surface area contributed by atoms with Gasteiger partial charge >= 0.3 is 0 Å². The van der Waals surface area contributed by atoms with E-state index in [4.69, 9.17) is 5.73 Å². The van der Waals surface area contributed by atoms with Crippen molar-refractivity contribution in [2.75, 3.05) is 7.05 Å². The van der Waals surface area contributed by atoms with Gasteiger partial charge in [-0.15, -0.1) is 0 Å². The van der Waals surface area contributed by atoms with Gasteiger partial charge in [-0.05, 0) is 62.4 Å². The number of fused-ring (bicyclic) bond motifs is 5. The average Bonchev–Trinajstić information content (AvgIpc) is 2.48. The summed E-state index contributed by atoms with van der Waals surface area (Å²) in [6.45, 7) is 4.09. The summed E-state index contributed by atoms with van der Waals surface area (Å²) in [5.74, 6) is -0.270. The van der Waals surface area contributed by atoms with Crippen molar-refractivity contribution in [3.05, 3.63) is 33.9 Å². The Morgan fingerprint density at radius 1 is 1.33 bits per heavy atom. The minimum Gasteiger partial charge on any atom is -0.366 e. The Labute approximate surface area is 108 Å². The maximum Gasteiger partial charge on any atom is 0.249 e. The second-order valence-corrected chi connectivity index (χ2v) is 5.69. The summed E-state index contributed by atoms with van der Waals surface area (Å²) in [6, 6.07) is 3.14. The van der Waals surface area contributed by atoms with Gasteiger partial charge in [-0.1, -0.05) is 6.07 Å². The fourth-order valence-corrected chi connectivity index (χ4v) is 3.77. The summed E-state index contributed by atoms with van der Waals surface area (Å²) in [4.78, 5) is 14.2. The standard InChI is InChI=1S/C15H20N2O/c1-8-7-10-11-5-4-6-12(17(11)3)14(10)13(9(8)2)15(16)18/h7,11-12H,4-6H2,1-3H3,(H2,16,18). The van der Waals surface area contributed by atoms with Gasteiger partial charge in [0.1, 0.15) is 0 Å². The molecule has 1 fully saturated rings. The van der Waals surface area contributed by atoms with Gasteiger partial charge in [0.15, 0.2) is 0 Å². The molecule has 2 aliphatic rings. The van der Waals surface area contributed by atoms with E-state index in [9.17, 15) is 4.79 Å². The molecule has 1 amide bonds. The van der Waals surface area contributed by atoms with Gasteiger partial charge in [0.2, 0.25) is 5.91 Å². The molecule has 0 radical (unpaired) electrons. The number of hydrogen-bond acceptors (Lipinski definition) is 2. The Balaban J connectivity index is 2.31. The number of carbonyl (C=O) groups is 1. The highest BCUT2D eigenvalue weighted by atomic mass is 16.1. The number of carbonyl (C=O) groups excluding carboxylic acids is 1. The fraction of sp³-hybridized carbons (Fsp3) is 0.533. The normalized spacial score (nSPS) is 26.2. The first-order valence-electron chi connectivity index (χ1n) is 6.68. The zero-order chi connectivity index (χ0) is 13.0. The molecule has 0 saturated carbocycles. The Morgan fingerprint density at radius 3 is 2.67 bits per heavy atom. The smallest absolute Gasteiger partial charge is 0.249 e. The lowest BCUT2D eigenvalue weighted by Crippen LogP contribution is -2.26. The number of piperidine rings is 1. The zero-order valence-corrected chi connectivity index (χ0v) is 11.3. The van der Waals surface area contributed by atoms with Gasteiger partial charge < -0.3 is 5.73 Å². The van der Waals surface area contributed by atoms with Crippen molar-refractivity contribution < 1.29 is 4.79 Å². The molecule has 2 unspecified atom stereocenters. The highest BCUT2D eigenvalue weighted by Crippen LogP contribution is 2.51. The molecule has 0 aliphatic carbocycles. The van der Waals surface area contributed by atoms with Crippen molar-refractivity contribution in [1.29, 1.82) is 0 Å². The van der Waals surface area contributed by atoms with Gasteiger partial charge in [0.05, 0.1) is 0 Å². The van der Waals surface area contributed by atoms with Crippen LogP contribution in [0, 0.1) is 13.8 Å².